The number of hydrogen-bond donors (Lipinski definition) is 1. The van der Waals surface area contributed by atoms with Gasteiger partial charge >= 0.3 is 0 Å². The molecule has 1 saturated carbocycles. The molecule has 1 atom stereocenters. The van der Waals surface area contributed by atoms with E-state index in [1.807, 2.05) is 6.92 Å². The van der Waals surface area contributed by atoms with Crippen LogP contribution in [-0.4, -0.2) is 26.9 Å². The maximum atomic E-state index is 10.9. The van der Waals surface area contributed by atoms with Gasteiger partial charge in [-0.1, -0.05) is 26.2 Å². The number of nitrogens with two attached hydrogens (primary N) is 1. The minimum Gasteiger partial charge on any atom is -0.378 e. The van der Waals surface area contributed by atoms with Gasteiger partial charge < -0.3 is 4.74 Å². The smallest absolute Gasteiger partial charge is 0.209 e. The molecule has 1 unspecified atom stereocenters. The zero-order chi connectivity index (χ0) is 11.3. The van der Waals surface area contributed by atoms with Crippen LogP contribution in [0.5, 0.6) is 0 Å². The highest BCUT2D eigenvalue weighted by molar-refractivity contribution is 7.89. The highest BCUT2D eigenvalue weighted by Gasteiger charge is 2.19. The minimum atomic E-state index is -3.36. The summed E-state index contributed by atoms with van der Waals surface area (Å²) in [5.74, 6) is 0.0801. The van der Waals surface area contributed by atoms with Crippen molar-refractivity contribution in [3.8, 4) is 0 Å². The van der Waals surface area contributed by atoms with E-state index in [0.29, 0.717) is 12.7 Å². The predicted molar refractivity (Wildman–Crippen MR) is 60.0 cm³/mol. The van der Waals surface area contributed by atoms with Crippen LogP contribution < -0.4 is 5.14 Å². The number of ether oxygens (including phenoxy) is 1. The molecule has 0 amide bonds. The van der Waals surface area contributed by atoms with Crippen LogP contribution in [0, 0.1) is 5.92 Å². The third-order valence-corrected chi connectivity index (χ3v) is 3.85. The Kier molecular flexibility index (Phi) is 5.02. The second kappa shape index (κ2) is 5.82. The molecule has 2 N–H and O–H groups in total. The van der Waals surface area contributed by atoms with Gasteiger partial charge in [-0.25, -0.2) is 13.6 Å². The van der Waals surface area contributed by atoms with Crippen molar-refractivity contribution < 1.29 is 13.2 Å². The molecule has 1 aliphatic rings. The second-order valence-corrected chi connectivity index (χ2v) is 6.00. The van der Waals surface area contributed by atoms with Gasteiger partial charge in [-0.05, 0) is 18.8 Å². The molecule has 1 aliphatic carbocycles. The normalized spacial score (nSPS) is 20.7. The first-order valence-corrected chi connectivity index (χ1v) is 7.35. The first kappa shape index (κ1) is 12.9. The van der Waals surface area contributed by atoms with E-state index in [2.05, 4.69) is 0 Å². The lowest BCUT2D eigenvalue weighted by atomic mass is 10.1. The lowest BCUT2D eigenvalue weighted by molar-refractivity contribution is 0.0370. The molecule has 0 bridgehead atoms. The van der Waals surface area contributed by atoms with Crippen LogP contribution in [-0.2, 0) is 14.8 Å². The van der Waals surface area contributed by atoms with E-state index in [1.54, 1.807) is 0 Å². The van der Waals surface area contributed by atoms with E-state index < -0.39 is 10.0 Å². The van der Waals surface area contributed by atoms with E-state index in [1.165, 1.54) is 12.8 Å². The van der Waals surface area contributed by atoms with Gasteiger partial charge in [0.25, 0.3) is 0 Å². The van der Waals surface area contributed by atoms with Crippen LogP contribution >= 0.6 is 0 Å². The Morgan fingerprint density at radius 3 is 2.47 bits per heavy atom. The van der Waals surface area contributed by atoms with Crippen LogP contribution in [0.25, 0.3) is 0 Å². The number of primary sulfonamides is 1. The molecular formula is C10H21NO3S. The van der Waals surface area contributed by atoms with Crippen LogP contribution in [0.1, 0.15) is 39.0 Å². The van der Waals surface area contributed by atoms with E-state index in [-0.39, 0.29) is 11.7 Å². The molecule has 0 aliphatic heterocycles. The lowest BCUT2D eigenvalue weighted by Gasteiger charge is -2.17. The summed E-state index contributed by atoms with van der Waals surface area (Å²) in [7, 11) is -3.36. The Hall–Kier alpha value is -0.130. The topological polar surface area (TPSA) is 69.4 Å². The minimum absolute atomic E-state index is 0.0379. The summed E-state index contributed by atoms with van der Waals surface area (Å²) < 4.78 is 27.5. The van der Waals surface area contributed by atoms with E-state index >= 15 is 0 Å². The Morgan fingerprint density at radius 1 is 1.40 bits per heavy atom. The van der Waals surface area contributed by atoms with Crippen molar-refractivity contribution in [2.45, 2.75) is 45.1 Å². The zero-order valence-electron chi connectivity index (χ0n) is 9.31. The standard InChI is InChI=1S/C10H21NO3S/c1-2-9(8-15(11,12)13)7-14-10-5-3-4-6-10/h9-10H,2-8H2,1H3,(H2,11,12,13). The molecule has 4 nitrogen and oxygen atoms in total. The highest BCUT2D eigenvalue weighted by atomic mass is 32.2. The Labute approximate surface area is 92.2 Å². The Morgan fingerprint density at radius 2 is 2.00 bits per heavy atom. The molecule has 0 radical (unpaired) electrons. The molecule has 0 aromatic rings. The quantitative estimate of drug-likeness (QED) is 0.753. The average Bonchev–Trinajstić information content (AvgIpc) is 2.62. The van der Waals surface area contributed by atoms with Gasteiger partial charge in [0.2, 0.25) is 10.0 Å². The molecule has 0 aromatic heterocycles. The summed E-state index contributed by atoms with van der Waals surface area (Å²) in [5.41, 5.74) is 0. The Bertz CT molecular complexity index is 270. The zero-order valence-corrected chi connectivity index (χ0v) is 10.1. The summed E-state index contributed by atoms with van der Waals surface area (Å²) in [6, 6.07) is 0. The van der Waals surface area contributed by atoms with Crippen LogP contribution in [0.3, 0.4) is 0 Å². The Balaban J connectivity index is 2.27. The number of sulfonamides is 1. The van der Waals surface area contributed by atoms with Crippen LogP contribution in [0.4, 0.5) is 0 Å². The van der Waals surface area contributed by atoms with Gasteiger partial charge in [0.05, 0.1) is 18.5 Å². The van der Waals surface area contributed by atoms with Gasteiger partial charge in [0, 0.05) is 0 Å². The third-order valence-electron chi connectivity index (χ3n) is 2.92. The molecule has 0 spiro atoms. The molecular weight excluding hydrogens is 214 g/mol. The summed E-state index contributed by atoms with van der Waals surface area (Å²) in [4.78, 5) is 0. The first-order valence-electron chi connectivity index (χ1n) is 5.63. The maximum absolute atomic E-state index is 10.9. The predicted octanol–water partition coefficient (Wildman–Crippen LogP) is 1.26. The molecule has 0 aromatic carbocycles. The van der Waals surface area contributed by atoms with Crippen molar-refractivity contribution in [2.24, 2.45) is 11.1 Å². The van der Waals surface area contributed by atoms with Gasteiger partial charge in [0.1, 0.15) is 0 Å². The van der Waals surface area contributed by atoms with Gasteiger partial charge in [0.15, 0.2) is 0 Å². The average molecular weight is 235 g/mol. The molecule has 0 saturated heterocycles. The SMILES string of the molecule is CCC(COC1CCCC1)CS(N)(=O)=O. The fraction of sp³-hybridized carbons (Fsp3) is 1.00. The monoisotopic (exact) mass is 235 g/mol. The first-order chi connectivity index (χ1) is 7.01. The lowest BCUT2D eigenvalue weighted by Crippen LogP contribution is -2.27. The van der Waals surface area contributed by atoms with Gasteiger partial charge in [-0.2, -0.15) is 0 Å². The largest absolute Gasteiger partial charge is 0.378 e. The maximum Gasteiger partial charge on any atom is 0.209 e. The molecule has 90 valence electrons. The molecule has 5 heteroatoms. The van der Waals surface area contributed by atoms with Crippen molar-refractivity contribution in [2.75, 3.05) is 12.4 Å². The van der Waals surface area contributed by atoms with Crippen molar-refractivity contribution >= 4 is 10.0 Å². The van der Waals surface area contributed by atoms with E-state index in [9.17, 15) is 8.42 Å². The fourth-order valence-electron chi connectivity index (χ4n) is 1.94. The summed E-state index contributed by atoms with van der Waals surface area (Å²) >= 11 is 0. The van der Waals surface area contributed by atoms with Gasteiger partial charge in [-0.15, -0.1) is 0 Å². The molecule has 15 heavy (non-hydrogen) atoms. The summed E-state index contributed by atoms with van der Waals surface area (Å²) in [5, 5.41) is 5.01. The molecule has 0 heterocycles. The van der Waals surface area contributed by atoms with E-state index in [4.69, 9.17) is 9.88 Å². The number of rotatable bonds is 6. The van der Waals surface area contributed by atoms with Crippen LogP contribution in [0.2, 0.25) is 0 Å². The van der Waals surface area contributed by atoms with Gasteiger partial charge in [-0.3, -0.25) is 0 Å². The summed E-state index contributed by atoms with van der Waals surface area (Å²) in [6.45, 7) is 2.49. The summed E-state index contributed by atoms with van der Waals surface area (Å²) in [6.07, 6.45) is 5.84. The highest BCUT2D eigenvalue weighted by Crippen LogP contribution is 2.22. The van der Waals surface area contributed by atoms with Crippen molar-refractivity contribution in [1.29, 1.82) is 0 Å². The fourth-order valence-corrected chi connectivity index (χ4v) is 2.93. The van der Waals surface area contributed by atoms with Crippen molar-refractivity contribution in [1.82, 2.24) is 0 Å². The van der Waals surface area contributed by atoms with Crippen LogP contribution in [0.15, 0.2) is 0 Å². The second-order valence-electron chi connectivity index (χ2n) is 4.34. The third kappa shape index (κ3) is 5.49. The van der Waals surface area contributed by atoms with E-state index in [0.717, 1.165) is 19.3 Å². The van der Waals surface area contributed by atoms with Crippen molar-refractivity contribution in [3.05, 3.63) is 0 Å². The molecule has 1 fully saturated rings. The molecule has 1 rings (SSSR count). The van der Waals surface area contributed by atoms with Crippen molar-refractivity contribution in [3.63, 3.8) is 0 Å². The number of hydrogen-bond acceptors (Lipinski definition) is 3.